The average molecular weight is 487 g/mol. The minimum absolute atomic E-state index is 0.0258. The predicted octanol–water partition coefficient (Wildman–Crippen LogP) is 3.06. The summed E-state index contributed by atoms with van der Waals surface area (Å²) in [5.41, 5.74) is -1.73. The van der Waals surface area contributed by atoms with Gasteiger partial charge in [0, 0.05) is 24.3 Å². The predicted molar refractivity (Wildman–Crippen MR) is 124 cm³/mol. The largest absolute Gasteiger partial charge is 0.452 e. The Morgan fingerprint density at radius 3 is 2.46 bits per heavy atom. The SMILES string of the molecule is CC1=C(C)[C@H]([C@H]2O[C@@]3(O)C[C@H]4[C@@H](C[C@H]5O[C@]56CCCC(=O)[C@]46C)[C@@H]4CC[C@@](O)([C@@H]2C)[C@]43C)OC1=O. The fourth-order valence-electron chi connectivity index (χ4n) is 10.4. The lowest BCUT2D eigenvalue weighted by Crippen LogP contribution is -2.76. The van der Waals surface area contributed by atoms with Gasteiger partial charge in [-0.05, 0) is 76.2 Å². The van der Waals surface area contributed by atoms with E-state index in [1.807, 2.05) is 20.8 Å². The molecule has 192 valence electrons. The van der Waals surface area contributed by atoms with Crippen LogP contribution in [0.25, 0.3) is 0 Å². The maximum atomic E-state index is 13.6. The van der Waals surface area contributed by atoms with Gasteiger partial charge in [0.2, 0.25) is 0 Å². The lowest BCUT2D eigenvalue weighted by atomic mass is 9.41. The summed E-state index contributed by atoms with van der Waals surface area (Å²) < 4.78 is 18.8. The Balaban J connectivity index is 1.34. The Kier molecular flexibility index (Phi) is 4.18. The van der Waals surface area contributed by atoms with Crippen LogP contribution in [0.3, 0.4) is 0 Å². The van der Waals surface area contributed by atoms with Gasteiger partial charge < -0.3 is 24.4 Å². The van der Waals surface area contributed by atoms with E-state index in [4.69, 9.17) is 14.2 Å². The lowest BCUT2D eigenvalue weighted by Gasteiger charge is -2.68. The highest BCUT2D eigenvalue weighted by atomic mass is 16.7. The first-order chi connectivity index (χ1) is 16.4. The zero-order chi connectivity index (χ0) is 24.9. The molecule has 7 aliphatic rings. The molecule has 12 atom stereocenters. The van der Waals surface area contributed by atoms with Crippen LogP contribution in [0, 0.1) is 34.5 Å². The number of esters is 1. The fourth-order valence-corrected chi connectivity index (χ4v) is 10.4. The second-order valence-electron chi connectivity index (χ2n) is 13.2. The summed E-state index contributed by atoms with van der Waals surface area (Å²) in [5.74, 6) is -1.93. The molecule has 3 heterocycles. The number of aliphatic hydroxyl groups is 2. The van der Waals surface area contributed by atoms with Crippen molar-refractivity contribution < 1.29 is 34.0 Å². The molecule has 2 N–H and O–H groups in total. The van der Waals surface area contributed by atoms with E-state index in [0.717, 1.165) is 31.3 Å². The van der Waals surface area contributed by atoms with Gasteiger partial charge in [0.05, 0.1) is 22.5 Å². The topological polar surface area (TPSA) is 106 Å². The number of hydrogen-bond donors (Lipinski definition) is 2. The van der Waals surface area contributed by atoms with Crippen molar-refractivity contribution in [2.45, 2.75) is 115 Å². The van der Waals surface area contributed by atoms with Crippen LogP contribution in [0.15, 0.2) is 11.1 Å². The van der Waals surface area contributed by atoms with Crippen LogP contribution in [0.1, 0.15) is 79.6 Å². The van der Waals surface area contributed by atoms with Gasteiger partial charge >= 0.3 is 5.97 Å². The van der Waals surface area contributed by atoms with E-state index in [1.165, 1.54) is 0 Å². The molecule has 7 nitrogen and oxygen atoms in total. The van der Waals surface area contributed by atoms with Gasteiger partial charge in [-0.25, -0.2) is 4.79 Å². The van der Waals surface area contributed by atoms with E-state index in [-0.39, 0.29) is 41.5 Å². The van der Waals surface area contributed by atoms with Crippen LogP contribution in [0.5, 0.6) is 0 Å². The van der Waals surface area contributed by atoms with Crippen LogP contribution >= 0.6 is 0 Å². The molecule has 1 spiro atoms. The summed E-state index contributed by atoms with van der Waals surface area (Å²) in [7, 11) is 0. The molecule has 0 amide bonds. The normalized spacial score (nSPS) is 60.5. The summed E-state index contributed by atoms with van der Waals surface area (Å²) in [5, 5.41) is 24.9. The van der Waals surface area contributed by atoms with Gasteiger partial charge in [-0.15, -0.1) is 0 Å². The third kappa shape index (κ3) is 2.23. The van der Waals surface area contributed by atoms with Crippen molar-refractivity contribution >= 4 is 11.8 Å². The summed E-state index contributed by atoms with van der Waals surface area (Å²) in [6.07, 6.45) is 3.64. The second kappa shape index (κ2) is 6.40. The number of rotatable bonds is 1. The number of epoxide rings is 1. The molecule has 6 fully saturated rings. The van der Waals surface area contributed by atoms with Gasteiger partial charge in [-0.3, -0.25) is 4.79 Å². The molecule has 35 heavy (non-hydrogen) atoms. The van der Waals surface area contributed by atoms with Crippen molar-refractivity contribution in [2.75, 3.05) is 0 Å². The average Bonchev–Trinajstić information content (AvgIpc) is 3.36. The summed E-state index contributed by atoms with van der Waals surface area (Å²) >= 11 is 0. The quantitative estimate of drug-likeness (QED) is 0.433. The van der Waals surface area contributed by atoms with E-state index < -0.39 is 40.0 Å². The van der Waals surface area contributed by atoms with Crippen molar-refractivity contribution in [1.82, 2.24) is 0 Å². The maximum Gasteiger partial charge on any atom is 0.334 e. The molecule has 3 aliphatic heterocycles. The highest BCUT2D eigenvalue weighted by Crippen LogP contribution is 2.77. The molecule has 4 saturated carbocycles. The van der Waals surface area contributed by atoms with Crippen LogP contribution in [0.4, 0.5) is 0 Å². The van der Waals surface area contributed by atoms with E-state index >= 15 is 0 Å². The Bertz CT molecular complexity index is 1080. The summed E-state index contributed by atoms with van der Waals surface area (Å²) in [4.78, 5) is 25.9. The zero-order valence-electron chi connectivity index (χ0n) is 21.4. The molecule has 0 bridgehead atoms. The minimum atomic E-state index is -1.63. The zero-order valence-corrected chi connectivity index (χ0v) is 21.4. The first kappa shape index (κ1) is 22.9. The summed E-state index contributed by atoms with van der Waals surface area (Å²) in [6.45, 7) is 9.67. The molecule has 0 aromatic rings. The van der Waals surface area contributed by atoms with Crippen molar-refractivity contribution in [3.8, 4) is 0 Å². The van der Waals surface area contributed by atoms with Gasteiger partial charge in [-0.1, -0.05) is 13.8 Å². The van der Waals surface area contributed by atoms with Crippen molar-refractivity contribution in [1.29, 1.82) is 0 Å². The van der Waals surface area contributed by atoms with Crippen LogP contribution in [0.2, 0.25) is 0 Å². The van der Waals surface area contributed by atoms with Crippen molar-refractivity contribution in [3.05, 3.63) is 11.1 Å². The summed E-state index contributed by atoms with van der Waals surface area (Å²) in [6, 6.07) is 0. The smallest absolute Gasteiger partial charge is 0.334 e. The number of cyclic esters (lactones) is 1. The van der Waals surface area contributed by atoms with Crippen LogP contribution in [-0.4, -0.2) is 57.3 Å². The molecular formula is C28H38O7. The van der Waals surface area contributed by atoms with Crippen molar-refractivity contribution in [2.24, 2.45) is 34.5 Å². The molecule has 7 rings (SSSR count). The number of Topliss-reactive ketones (excluding diaryl/α,β-unsaturated/α-hetero) is 1. The molecule has 0 unspecified atom stereocenters. The number of fused-ring (bicyclic) bond motifs is 3. The molecule has 4 aliphatic carbocycles. The van der Waals surface area contributed by atoms with E-state index in [9.17, 15) is 19.8 Å². The monoisotopic (exact) mass is 486 g/mol. The third-order valence-corrected chi connectivity index (χ3v) is 12.7. The molecule has 0 aromatic carbocycles. The Labute approximate surface area is 206 Å². The van der Waals surface area contributed by atoms with Crippen LogP contribution in [-0.2, 0) is 23.8 Å². The Morgan fingerprint density at radius 1 is 1.03 bits per heavy atom. The first-order valence-corrected chi connectivity index (χ1v) is 13.6. The molecule has 7 heteroatoms. The highest BCUT2D eigenvalue weighted by molar-refractivity contribution is 5.91. The van der Waals surface area contributed by atoms with E-state index in [1.54, 1.807) is 6.92 Å². The van der Waals surface area contributed by atoms with Crippen LogP contribution < -0.4 is 0 Å². The molecule has 0 radical (unpaired) electrons. The molecule has 0 aromatic heterocycles. The molecular weight excluding hydrogens is 448 g/mol. The first-order valence-electron chi connectivity index (χ1n) is 13.6. The molecule has 2 saturated heterocycles. The Morgan fingerprint density at radius 2 is 1.77 bits per heavy atom. The van der Waals surface area contributed by atoms with E-state index in [2.05, 4.69) is 6.92 Å². The minimum Gasteiger partial charge on any atom is -0.452 e. The maximum absolute atomic E-state index is 13.6. The number of carbonyl (C=O) groups is 2. The number of hydrogen-bond acceptors (Lipinski definition) is 7. The number of carbonyl (C=O) groups excluding carboxylic acids is 2. The third-order valence-electron chi connectivity index (χ3n) is 12.7. The number of ether oxygens (including phenoxy) is 3. The fraction of sp³-hybridized carbons (Fsp3) is 0.857. The van der Waals surface area contributed by atoms with E-state index in [0.29, 0.717) is 24.8 Å². The van der Waals surface area contributed by atoms with Gasteiger partial charge in [0.25, 0.3) is 0 Å². The number of ketones is 1. The van der Waals surface area contributed by atoms with Gasteiger partial charge in [-0.2, -0.15) is 0 Å². The van der Waals surface area contributed by atoms with Gasteiger partial charge in [0.15, 0.2) is 11.9 Å². The van der Waals surface area contributed by atoms with Gasteiger partial charge in [0.1, 0.15) is 17.5 Å². The highest BCUT2D eigenvalue weighted by Gasteiger charge is 2.83. The standard InChI is InChI=1S/C28H38O7/c1-13-14(2)23(30)33-21(13)22-15(3)26(31)10-8-17-16-11-20-27(34-20)9-6-7-19(29)24(27,4)18(16)12-28(32,35-22)25(17,26)5/h15-18,20-22,31-32H,6-12H2,1-5H3/t15-,16+,17+,18+,20-,21-,22+,24+,25+,26-,27-,28+/m1/s1. The lowest BCUT2D eigenvalue weighted by molar-refractivity contribution is -0.414. The Hall–Kier alpha value is -1.28. The second-order valence-corrected chi connectivity index (χ2v) is 13.2. The van der Waals surface area contributed by atoms with Crippen molar-refractivity contribution in [3.63, 3.8) is 0 Å².